The zero-order valence-electron chi connectivity index (χ0n) is 13.1. The van der Waals surface area contributed by atoms with E-state index >= 15 is 0 Å². The van der Waals surface area contributed by atoms with Gasteiger partial charge in [0.05, 0.1) is 11.9 Å². The van der Waals surface area contributed by atoms with E-state index in [1.807, 2.05) is 42.5 Å². The number of phenols is 1. The summed E-state index contributed by atoms with van der Waals surface area (Å²) in [5.41, 5.74) is 1.57. The summed E-state index contributed by atoms with van der Waals surface area (Å²) in [7, 11) is 0. The van der Waals surface area contributed by atoms with Gasteiger partial charge in [0.1, 0.15) is 5.75 Å². The first-order chi connectivity index (χ1) is 12.2. The average Bonchev–Trinajstić information content (AvgIpc) is 3.00. The van der Waals surface area contributed by atoms with E-state index in [2.05, 4.69) is 9.98 Å². The Bertz CT molecular complexity index is 1080. The molecule has 0 fully saturated rings. The summed E-state index contributed by atoms with van der Waals surface area (Å²) in [6.07, 6.45) is 1.40. The first-order valence-electron chi connectivity index (χ1n) is 7.72. The van der Waals surface area contributed by atoms with Crippen LogP contribution < -0.4 is 0 Å². The molecule has 5 heteroatoms. The summed E-state index contributed by atoms with van der Waals surface area (Å²) < 4.78 is 5.42. The minimum atomic E-state index is -0.299. The number of phenolic OH excluding ortho intramolecular Hbond substituents is 1. The van der Waals surface area contributed by atoms with Gasteiger partial charge in [0.25, 0.3) is 0 Å². The van der Waals surface area contributed by atoms with Crippen molar-refractivity contribution in [3.8, 4) is 23.1 Å². The zero-order valence-corrected chi connectivity index (χ0v) is 13.1. The standard InChI is InChI=1S/C20H14N2O3/c23-15-8-4-7-14(11-15)21-12-18-20(24)25-19(22-18)17-10-3-6-13-5-1-2-9-16(13)17/h1-12,23-24H. The molecule has 25 heavy (non-hydrogen) atoms. The molecule has 0 aliphatic heterocycles. The van der Waals surface area contributed by atoms with E-state index in [0.29, 0.717) is 11.6 Å². The highest BCUT2D eigenvalue weighted by Crippen LogP contribution is 2.31. The summed E-state index contributed by atoms with van der Waals surface area (Å²) in [4.78, 5) is 8.54. The van der Waals surface area contributed by atoms with Gasteiger partial charge in [0.15, 0.2) is 5.69 Å². The summed E-state index contributed by atoms with van der Waals surface area (Å²) >= 11 is 0. The molecule has 1 aromatic heterocycles. The lowest BCUT2D eigenvalue weighted by Crippen LogP contribution is -1.84. The molecule has 1 heterocycles. The second kappa shape index (κ2) is 6.13. The first-order valence-corrected chi connectivity index (χ1v) is 7.72. The molecule has 0 saturated carbocycles. The molecule has 4 rings (SSSR count). The van der Waals surface area contributed by atoms with Gasteiger partial charge in [-0.1, -0.05) is 42.5 Å². The molecule has 3 aromatic carbocycles. The predicted octanol–water partition coefficient (Wildman–Crippen LogP) is 4.66. The fourth-order valence-electron chi connectivity index (χ4n) is 2.64. The number of hydrogen-bond donors (Lipinski definition) is 2. The third-order valence-corrected chi connectivity index (χ3v) is 3.82. The summed E-state index contributed by atoms with van der Waals surface area (Å²) in [6, 6.07) is 20.2. The molecular formula is C20H14N2O3. The maximum Gasteiger partial charge on any atom is 0.312 e. The van der Waals surface area contributed by atoms with Crippen LogP contribution >= 0.6 is 0 Å². The van der Waals surface area contributed by atoms with Gasteiger partial charge >= 0.3 is 5.95 Å². The fourth-order valence-corrected chi connectivity index (χ4v) is 2.64. The van der Waals surface area contributed by atoms with Crippen molar-refractivity contribution in [3.63, 3.8) is 0 Å². The van der Waals surface area contributed by atoms with Gasteiger partial charge < -0.3 is 14.6 Å². The van der Waals surface area contributed by atoms with Crippen LogP contribution in [0.1, 0.15) is 5.69 Å². The quantitative estimate of drug-likeness (QED) is 0.536. The van der Waals surface area contributed by atoms with Crippen molar-refractivity contribution in [1.29, 1.82) is 0 Å². The molecule has 0 spiro atoms. The van der Waals surface area contributed by atoms with E-state index in [9.17, 15) is 10.2 Å². The topological polar surface area (TPSA) is 78.9 Å². The van der Waals surface area contributed by atoms with Crippen LogP contribution in [0.5, 0.6) is 11.7 Å². The molecule has 0 unspecified atom stereocenters. The molecule has 122 valence electrons. The molecule has 4 aromatic rings. The van der Waals surface area contributed by atoms with Crippen molar-refractivity contribution in [3.05, 3.63) is 72.4 Å². The van der Waals surface area contributed by atoms with Crippen LogP contribution in [0.25, 0.3) is 22.2 Å². The monoisotopic (exact) mass is 330 g/mol. The molecule has 5 nitrogen and oxygen atoms in total. The molecular weight excluding hydrogens is 316 g/mol. The molecule has 0 amide bonds. The maximum atomic E-state index is 10.0. The number of fused-ring (bicyclic) bond motifs is 1. The number of aromatic hydroxyl groups is 2. The van der Waals surface area contributed by atoms with Crippen molar-refractivity contribution in [2.45, 2.75) is 0 Å². The zero-order chi connectivity index (χ0) is 17.2. The maximum absolute atomic E-state index is 10.0. The van der Waals surface area contributed by atoms with Gasteiger partial charge in [-0.05, 0) is 29.0 Å². The Kier molecular flexibility index (Phi) is 3.67. The Hall–Kier alpha value is -3.60. The lowest BCUT2D eigenvalue weighted by molar-refractivity contribution is 0.337. The Morgan fingerprint density at radius 2 is 1.72 bits per heavy atom. The summed E-state index contributed by atoms with van der Waals surface area (Å²) in [5.74, 6) is 0.147. The van der Waals surface area contributed by atoms with Crippen LogP contribution in [-0.2, 0) is 0 Å². The lowest BCUT2D eigenvalue weighted by Gasteiger charge is -2.01. The van der Waals surface area contributed by atoms with Crippen molar-refractivity contribution in [2.75, 3.05) is 0 Å². The van der Waals surface area contributed by atoms with Crippen molar-refractivity contribution < 1.29 is 14.6 Å². The Morgan fingerprint density at radius 3 is 2.60 bits per heavy atom. The van der Waals surface area contributed by atoms with E-state index in [1.54, 1.807) is 18.2 Å². The van der Waals surface area contributed by atoms with Crippen molar-refractivity contribution in [2.24, 2.45) is 4.99 Å². The van der Waals surface area contributed by atoms with Crippen LogP contribution in [-0.4, -0.2) is 21.4 Å². The van der Waals surface area contributed by atoms with Gasteiger partial charge in [0.2, 0.25) is 5.89 Å². The van der Waals surface area contributed by atoms with E-state index in [4.69, 9.17) is 4.42 Å². The highest BCUT2D eigenvalue weighted by atomic mass is 16.5. The normalized spacial score (nSPS) is 11.4. The Morgan fingerprint density at radius 1 is 0.920 bits per heavy atom. The highest BCUT2D eigenvalue weighted by Gasteiger charge is 2.14. The SMILES string of the molecule is Oc1cccc(N=Cc2nc(-c3cccc4ccccc34)oc2O)c1. The van der Waals surface area contributed by atoms with Gasteiger partial charge in [-0.25, -0.2) is 4.98 Å². The largest absolute Gasteiger partial charge is 0.508 e. The number of aliphatic imine (C=N–C) groups is 1. The van der Waals surface area contributed by atoms with Crippen molar-refractivity contribution in [1.82, 2.24) is 4.98 Å². The van der Waals surface area contributed by atoms with E-state index in [1.165, 1.54) is 12.3 Å². The number of benzene rings is 3. The molecule has 0 aliphatic rings. The van der Waals surface area contributed by atoms with Gasteiger partial charge in [0, 0.05) is 11.6 Å². The third kappa shape index (κ3) is 2.95. The number of hydrogen-bond acceptors (Lipinski definition) is 5. The lowest BCUT2D eigenvalue weighted by atomic mass is 10.0. The second-order valence-corrected chi connectivity index (χ2v) is 5.51. The number of oxazole rings is 1. The van der Waals surface area contributed by atoms with Gasteiger partial charge in [-0.15, -0.1) is 0 Å². The second-order valence-electron chi connectivity index (χ2n) is 5.51. The molecule has 0 atom stereocenters. The number of aromatic nitrogens is 1. The van der Waals surface area contributed by atoms with Crippen LogP contribution in [0.15, 0.2) is 76.1 Å². The third-order valence-electron chi connectivity index (χ3n) is 3.82. The van der Waals surface area contributed by atoms with Crippen LogP contribution in [0, 0.1) is 0 Å². The van der Waals surface area contributed by atoms with Gasteiger partial charge in [-0.2, -0.15) is 0 Å². The molecule has 0 radical (unpaired) electrons. The molecule has 0 bridgehead atoms. The van der Waals surface area contributed by atoms with Crippen LogP contribution in [0.2, 0.25) is 0 Å². The van der Waals surface area contributed by atoms with Crippen LogP contribution in [0.3, 0.4) is 0 Å². The molecule has 0 aliphatic carbocycles. The average molecular weight is 330 g/mol. The van der Waals surface area contributed by atoms with E-state index < -0.39 is 0 Å². The summed E-state index contributed by atoms with van der Waals surface area (Å²) in [6.45, 7) is 0. The molecule has 0 saturated heterocycles. The summed E-state index contributed by atoms with van der Waals surface area (Å²) in [5, 5.41) is 21.5. The van der Waals surface area contributed by atoms with Crippen LogP contribution in [0.4, 0.5) is 5.69 Å². The molecule has 2 N–H and O–H groups in total. The predicted molar refractivity (Wildman–Crippen MR) is 96.5 cm³/mol. The first kappa shape index (κ1) is 15.0. The highest BCUT2D eigenvalue weighted by molar-refractivity contribution is 5.95. The smallest absolute Gasteiger partial charge is 0.312 e. The Labute approximate surface area is 143 Å². The number of rotatable bonds is 3. The number of nitrogens with zero attached hydrogens (tertiary/aromatic N) is 2. The minimum Gasteiger partial charge on any atom is -0.508 e. The van der Waals surface area contributed by atoms with E-state index in [-0.39, 0.29) is 17.4 Å². The van der Waals surface area contributed by atoms with E-state index in [0.717, 1.165) is 16.3 Å². The van der Waals surface area contributed by atoms with Gasteiger partial charge in [-0.3, -0.25) is 4.99 Å². The van der Waals surface area contributed by atoms with Crippen molar-refractivity contribution >= 4 is 22.7 Å². The minimum absolute atomic E-state index is 0.121. The Balaban J connectivity index is 1.73. The fraction of sp³-hybridized carbons (Fsp3) is 0.